The molecule has 0 saturated heterocycles. The topological polar surface area (TPSA) is 61.8 Å². The summed E-state index contributed by atoms with van der Waals surface area (Å²) in [5.41, 5.74) is 2.92. The van der Waals surface area contributed by atoms with E-state index in [1.54, 1.807) is 5.57 Å². The minimum absolute atomic E-state index is 0.0407. The van der Waals surface area contributed by atoms with Gasteiger partial charge in [0.25, 0.3) is 0 Å². The Morgan fingerprint density at radius 2 is 1.65 bits per heavy atom. The molecular weight excluding hydrogens is 596 g/mol. The Morgan fingerprint density at radius 3 is 2.38 bits per heavy atom. The second-order valence-electron chi connectivity index (χ2n) is 16.7. The number of ether oxygens (including phenoxy) is 3. The van der Waals surface area contributed by atoms with E-state index in [0.717, 1.165) is 86.2 Å². The molecule has 48 heavy (non-hydrogen) atoms. The Bertz CT molecular complexity index is 1260. The van der Waals surface area contributed by atoms with E-state index in [1.807, 2.05) is 24.3 Å². The van der Waals surface area contributed by atoms with E-state index in [4.69, 9.17) is 14.2 Å². The average Bonchev–Trinajstić information content (AvgIpc) is 3.43. The minimum atomic E-state index is -0.367. The molecule has 1 aromatic rings. The molecule has 1 aromatic carbocycles. The highest BCUT2D eigenvalue weighted by Crippen LogP contribution is 2.67. The highest BCUT2D eigenvalue weighted by Gasteiger charge is 2.59. The molecule has 0 heterocycles. The fourth-order valence-corrected chi connectivity index (χ4v) is 10.6. The van der Waals surface area contributed by atoms with Crippen LogP contribution in [0, 0.1) is 46.3 Å². The van der Waals surface area contributed by atoms with Crippen molar-refractivity contribution in [3.8, 4) is 5.75 Å². The van der Waals surface area contributed by atoms with Crippen molar-refractivity contribution in [1.29, 1.82) is 0 Å². The molecule has 5 rings (SSSR count). The van der Waals surface area contributed by atoms with E-state index in [1.165, 1.54) is 57.4 Å². The number of benzene rings is 1. The van der Waals surface area contributed by atoms with E-state index >= 15 is 0 Å². The summed E-state index contributed by atoms with van der Waals surface area (Å²) < 4.78 is 17.0. The lowest BCUT2D eigenvalue weighted by molar-refractivity contribution is -0.137. The van der Waals surface area contributed by atoms with Gasteiger partial charge < -0.3 is 14.2 Å². The van der Waals surface area contributed by atoms with Crippen molar-refractivity contribution in [2.75, 3.05) is 13.2 Å². The van der Waals surface area contributed by atoms with Gasteiger partial charge in [0, 0.05) is 12.5 Å². The number of carbonyl (C=O) groups is 2. The zero-order valence-electron chi connectivity index (χ0n) is 30.8. The summed E-state index contributed by atoms with van der Waals surface area (Å²) in [6.07, 6.45) is 21.5. The van der Waals surface area contributed by atoms with Crippen molar-refractivity contribution in [3.05, 3.63) is 54.1 Å². The summed E-state index contributed by atoms with van der Waals surface area (Å²) in [5.74, 6) is 5.18. The molecule has 266 valence electrons. The molecule has 0 radical (unpaired) electrons. The van der Waals surface area contributed by atoms with Crippen LogP contribution in [0.3, 0.4) is 0 Å². The van der Waals surface area contributed by atoms with Crippen molar-refractivity contribution in [3.63, 3.8) is 0 Å². The lowest BCUT2D eigenvalue weighted by atomic mass is 9.47. The molecule has 4 aliphatic carbocycles. The van der Waals surface area contributed by atoms with Crippen LogP contribution < -0.4 is 4.74 Å². The van der Waals surface area contributed by atoms with Crippen LogP contribution in [0.25, 0.3) is 0 Å². The van der Waals surface area contributed by atoms with Gasteiger partial charge in [-0.25, -0.2) is 9.59 Å². The first-order valence-corrected chi connectivity index (χ1v) is 19.5. The van der Waals surface area contributed by atoms with Gasteiger partial charge in [0.2, 0.25) is 0 Å². The van der Waals surface area contributed by atoms with Crippen LogP contribution in [0.2, 0.25) is 0 Å². The van der Waals surface area contributed by atoms with Crippen LogP contribution >= 0.6 is 0 Å². The number of allylic oxidation sites excluding steroid dienone is 1. The molecule has 0 aromatic heterocycles. The van der Waals surface area contributed by atoms with Gasteiger partial charge in [0.1, 0.15) is 11.9 Å². The van der Waals surface area contributed by atoms with E-state index in [2.05, 4.69) is 47.3 Å². The minimum Gasteiger partial charge on any atom is -0.494 e. The first-order chi connectivity index (χ1) is 23.0. The smallest absolute Gasteiger partial charge is 0.338 e. The molecule has 4 unspecified atom stereocenters. The summed E-state index contributed by atoms with van der Waals surface area (Å²) in [6, 6.07) is 7.37. The van der Waals surface area contributed by atoms with Gasteiger partial charge >= 0.3 is 11.9 Å². The quantitative estimate of drug-likeness (QED) is 0.0764. The molecule has 8 atom stereocenters. The number of esters is 2. The second kappa shape index (κ2) is 16.4. The predicted molar refractivity (Wildman–Crippen MR) is 194 cm³/mol. The molecule has 0 amide bonds. The standard InChI is InChI=1S/C43H64O5/c1-7-40(44)47-28-11-9-8-10-27-46-34-18-15-32(16-19-34)41(45)48-35-23-25-42(5)33(29-35)17-20-36-38-22-21-37(31(4)14-12-13-30(2)3)43(38,6)26-24-39(36)42/h7,15-19,30-31,35-39H,1,8-14,20-29H2,2-6H3/t31-,35?,36?,37-,38?,39?,42+,43-/m1/s1. The monoisotopic (exact) mass is 660 g/mol. The molecule has 5 heteroatoms. The first kappa shape index (κ1) is 36.7. The molecule has 0 N–H and O–H groups in total. The Kier molecular flexibility index (Phi) is 12.6. The maximum Gasteiger partial charge on any atom is 0.338 e. The largest absolute Gasteiger partial charge is 0.494 e. The number of fused-ring (bicyclic) bond motifs is 5. The highest BCUT2D eigenvalue weighted by molar-refractivity contribution is 5.89. The summed E-state index contributed by atoms with van der Waals surface area (Å²) in [7, 11) is 0. The van der Waals surface area contributed by atoms with Crippen molar-refractivity contribution in [1.82, 2.24) is 0 Å². The third-order valence-corrected chi connectivity index (χ3v) is 13.3. The molecule has 3 fully saturated rings. The van der Waals surface area contributed by atoms with Crippen molar-refractivity contribution >= 4 is 11.9 Å². The zero-order chi connectivity index (χ0) is 34.3. The molecule has 5 nitrogen and oxygen atoms in total. The maximum atomic E-state index is 13.2. The fourth-order valence-electron chi connectivity index (χ4n) is 10.6. The fraction of sp³-hybridized carbons (Fsp3) is 0.721. The number of carbonyl (C=O) groups excluding carboxylic acids is 2. The molecule has 0 bridgehead atoms. The van der Waals surface area contributed by atoms with Gasteiger partial charge in [-0.15, -0.1) is 0 Å². The second-order valence-corrected chi connectivity index (χ2v) is 16.7. The van der Waals surface area contributed by atoms with E-state index in [9.17, 15) is 9.59 Å². The van der Waals surface area contributed by atoms with Gasteiger partial charge in [-0.2, -0.15) is 0 Å². The molecule has 4 aliphatic rings. The summed E-state index contributed by atoms with van der Waals surface area (Å²) in [5, 5.41) is 0. The maximum absolute atomic E-state index is 13.2. The van der Waals surface area contributed by atoms with Crippen molar-refractivity contribution < 1.29 is 23.8 Å². The molecule has 3 saturated carbocycles. The molecular formula is C43H64O5. The van der Waals surface area contributed by atoms with Crippen LogP contribution in [-0.2, 0) is 14.3 Å². The summed E-state index contributed by atoms with van der Waals surface area (Å²) in [6.45, 7) is 17.0. The van der Waals surface area contributed by atoms with Crippen LogP contribution in [0.1, 0.15) is 141 Å². The normalized spacial score (nSPS) is 31.5. The van der Waals surface area contributed by atoms with Gasteiger partial charge in [0.05, 0.1) is 18.8 Å². The van der Waals surface area contributed by atoms with Crippen LogP contribution in [0.15, 0.2) is 48.6 Å². The van der Waals surface area contributed by atoms with E-state index < -0.39 is 0 Å². The number of unbranched alkanes of at least 4 members (excludes halogenated alkanes) is 3. The Labute approximate surface area is 291 Å². The van der Waals surface area contributed by atoms with Crippen molar-refractivity contribution in [2.24, 2.45) is 46.3 Å². The first-order valence-electron chi connectivity index (χ1n) is 19.5. The van der Waals surface area contributed by atoms with E-state index in [-0.39, 0.29) is 23.5 Å². The number of hydrogen-bond donors (Lipinski definition) is 0. The van der Waals surface area contributed by atoms with Crippen LogP contribution in [0.5, 0.6) is 5.75 Å². The Hall–Kier alpha value is -2.56. The van der Waals surface area contributed by atoms with E-state index in [0.29, 0.717) is 24.2 Å². The zero-order valence-corrected chi connectivity index (χ0v) is 30.8. The van der Waals surface area contributed by atoms with Gasteiger partial charge in [-0.05, 0) is 141 Å². The Morgan fingerprint density at radius 1 is 0.896 bits per heavy atom. The lowest BCUT2D eigenvalue weighted by Crippen LogP contribution is -2.51. The average molecular weight is 661 g/mol. The highest BCUT2D eigenvalue weighted by atomic mass is 16.5. The van der Waals surface area contributed by atoms with Crippen molar-refractivity contribution in [2.45, 2.75) is 137 Å². The number of hydrogen-bond acceptors (Lipinski definition) is 5. The third-order valence-electron chi connectivity index (χ3n) is 13.3. The predicted octanol–water partition coefficient (Wildman–Crippen LogP) is 10.9. The van der Waals surface area contributed by atoms with Crippen LogP contribution in [0.4, 0.5) is 0 Å². The van der Waals surface area contributed by atoms with Gasteiger partial charge in [-0.3, -0.25) is 0 Å². The Balaban J connectivity index is 1.08. The molecule has 0 spiro atoms. The SMILES string of the molecule is C=CC(=O)OCCCCCCOc1ccc(C(=O)OC2CC[C@@]3(C)C(=CCC4C3CC[C@@]3(C)C4CC[C@@H]3[C@H](C)CCCC(C)C)C2)cc1. The van der Waals surface area contributed by atoms with Gasteiger partial charge in [-0.1, -0.05) is 72.1 Å². The van der Waals surface area contributed by atoms with Crippen LogP contribution in [-0.4, -0.2) is 31.3 Å². The molecule has 0 aliphatic heterocycles. The lowest BCUT2D eigenvalue weighted by Gasteiger charge is -2.58. The van der Waals surface area contributed by atoms with Gasteiger partial charge in [0.15, 0.2) is 0 Å². The summed E-state index contributed by atoms with van der Waals surface area (Å²) in [4.78, 5) is 24.2. The number of rotatable bonds is 16. The summed E-state index contributed by atoms with van der Waals surface area (Å²) >= 11 is 0. The third kappa shape index (κ3) is 8.41.